The summed E-state index contributed by atoms with van der Waals surface area (Å²) in [4.78, 5) is 26.6. The molecule has 1 heterocycles. The predicted molar refractivity (Wildman–Crippen MR) is 105 cm³/mol. The molecule has 0 saturated heterocycles. The van der Waals surface area contributed by atoms with Crippen LogP contribution in [0.25, 0.3) is 0 Å². The van der Waals surface area contributed by atoms with E-state index >= 15 is 0 Å². The van der Waals surface area contributed by atoms with Crippen LogP contribution in [0.5, 0.6) is 11.5 Å². The first-order valence-electron chi connectivity index (χ1n) is 9.31. The molecular weight excluding hydrogens is 358 g/mol. The first kappa shape index (κ1) is 19.7. The van der Waals surface area contributed by atoms with Crippen LogP contribution in [0.15, 0.2) is 48.5 Å². The van der Waals surface area contributed by atoms with Crippen LogP contribution < -0.4 is 20.1 Å². The van der Waals surface area contributed by atoms with Crippen LogP contribution in [-0.2, 0) is 11.3 Å². The smallest absolute Gasteiger partial charge is 0.321 e. The summed E-state index contributed by atoms with van der Waals surface area (Å²) in [7, 11) is 1.85. The van der Waals surface area contributed by atoms with Gasteiger partial charge in [0.15, 0.2) is 11.5 Å². The lowest BCUT2D eigenvalue weighted by Gasteiger charge is -2.28. The third-order valence-corrected chi connectivity index (χ3v) is 4.42. The molecule has 0 unspecified atom stereocenters. The molecule has 7 heteroatoms. The lowest BCUT2D eigenvalue weighted by molar-refractivity contribution is -0.125. The molecule has 1 aliphatic heterocycles. The summed E-state index contributed by atoms with van der Waals surface area (Å²) in [5, 5.41) is 5.01. The van der Waals surface area contributed by atoms with Crippen molar-refractivity contribution in [1.29, 1.82) is 0 Å². The number of fused-ring (bicyclic) bond motifs is 1. The average Bonchev–Trinajstić information content (AvgIpc) is 2.69. The van der Waals surface area contributed by atoms with E-state index in [2.05, 4.69) is 10.6 Å². The second-order valence-corrected chi connectivity index (χ2v) is 6.56. The van der Waals surface area contributed by atoms with Gasteiger partial charge in [0.1, 0.15) is 19.3 Å². The molecule has 7 nitrogen and oxygen atoms in total. The predicted octanol–water partition coefficient (Wildman–Crippen LogP) is 2.48. The summed E-state index contributed by atoms with van der Waals surface area (Å²) in [5.41, 5.74) is 1.79. The van der Waals surface area contributed by atoms with Crippen molar-refractivity contribution in [2.45, 2.75) is 19.5 Å². The first-order valence-corrected chi connectivity index (χ1v) is 9.31. The van der Waals surface area contributed by atoms with Crippen molar-refractivity contribution >= 4 is 11.9 Å². The number of carbonyl (C=O) groups excluding carboxylic acids is 2. The molecule has 28 heavy (non-hydrogen) atoms. The summed E-state index contributed by atoms with van der Waals surface area (Å²) < 4.78 is 11.2. The zero-order valence-electron chi connectivity index (χ0n) is 16.1. The largest absolute Gasteiger partial charge is 0.486 e. The van der Waals surface area contributed by atoms with E-state index in [-0.39, 0.29) is 5.91 Å². The molecule has 2 aromatic rings. The van der Waals surface area contributed by atoms with Crippen molar-refractivity contribution < 1.29 is 19.1 Å². The second kappa shape index (κ2) is 9.23. The van der Waals surface area contributed by atoms with E-state index in [1.54, 1.807) is 6.92 Å². The highest BCUT2D eigenvalue weighted by Gasteiger charge is 2.27. The Kier molecular flexibility index (Phi) is 6.49. The number of nitrogens with one attached hydrogen (secondary N) is 2. The molecule has 3 rings (SSSR count). The van der Waals surface area contributed by atoms with Gasteiger partial charge in [-0.25, -0.2) is 4.79 Å². The highest BCUT2D eigenvalue weighted by atomic mass is 16.6. The number of likely N-dealkylation sites (N-methyl/N-ethyl adjacent to an activating group) is 1. The highest BCUT2D eigenvalue weighted by Crippen LogP contribution is 2.32. The number of imide groups is 1. The number of urea groups is 1. The van der Waals surface area contributed by atoms with E-state index in [1.807, 2.05) is 60.5 Å². The molecule has 0 fully saturated rings. The molecule has 148 valence electrons. The van der Waals surface area contributed by atoms with Gasteiger partial charge in [-0.05, 0) is 37.2 Å². The maximum atomic E-state index is 12.8. The number of nitrogens with zero attached hydrogens (tertiary/aromatic N) is 1. The van der Waals surface area contributed by atoms with Gasteiger partial charge < -0.3 is 14.8 Å². The molecule has 3 amide bonds. The zero-order chi connectivity index (χ0) is 19.9. The first-order chi connectivity index (χ1) is 13.6. The van der Waals surface area contributed by atoms with Gasteiger partial charge in [-0.3, -0.25) is 15.0 Å². The lowest BCUT2D eigenvalue weighted by atomic mass is 10.0. The Morgan fingerprint density at radius 1 is 1.07 bits per heavy atom. The topological polar surface area (TPSA) is 79.9 Å². The fourth-order valence-electron chi connectivity index (χ4n) is 3.19. The number of ether oxygens (including phenoxy) is 2. The fraction of sp³-hybridized carbons (Fsp3) is 0.333. The molecule has 0 radical (unpaired) electrons. The molecule has 2 aromatic carbocycles. The summed E-state index contributed by atoms with van der Waals surface area (Å²) >= 11 is 0. The van der Waals surface area contributed by atoms with Gasteiger partial charge in [-0.1, -0.05) is 36.4 Å². The van der Waals surface area contributed by atoms with Crippen molar-refractivity contribution in [3.05, 3.63) is 59.7 Å². The van der Waals surface area contributed by atoms with Crippen molar-refractivity contribution in [3.8, 4) is 11.5 Å². The molecule has 0 bridgehead atoms. The van der Waals surface area contributed by atoms with E-state index in [9.17, 15) is 9.59 Å². The van der Waals surface area contributed by atoms with Gasteiger partial charge in [0, 0.05) is 13.1 Å². The van der Waals surface area contributed by atoms with Crippen LogP contribution in [0.2, 0.25) is 0 Å². The number of hydrogen-bond acceptors (Lipinski definition) is 5. The number of hydrogen-bond donors (Lipinski definition) is 2. The van der Waals surface area contributed by atoms with Crippen LogP contribution >= 0.6 is 0 Å². The molecule has 0 saturated carbocycles. The van der Waals surface area contributed by atoms with Crippen molar-refractivity contribution in [2.75, 3.05) is 26.8 Å². The van der Waals surface area contributed by atoms with Crippen molar-refractivity contribution in [1.82, 2.24) is 15.5 Å². The molecule has 2 N–H and O–H groups in total. The molecule has 0 aromatic heterocycles. The average molecular weight is 383 g/mol. The standard InChI is InChI=1S/C21H25N3O4/c1-3-22-21(26)23-20(25)19(16-7-5-4-6-8-16)24(2)14-15-9-10-17-18(13-15)28-12-11-27-17/h4-10,13,19H,3,11-12,14H2,1-2H3,(H2,22,23,25,26)/t19-/m1/s1. The number of benzene rings is 2. The van der Waals surface area contributed by atoms with Crippen LogP contribution in [0.1, 0.15) is 24.1 Å². The minimum Gasteiger partial charge on any atom is -0.486 e. The number of amides is 3. The number of rotatable bonds is 6. The Morgan fingerprint density at radius 3 is 2.50 bits per heavy atom. The van der Waals surface area contributed by atoms with Gasteiger partial charge in [-0.15, -0.1) is 0 Å². The fourth-order valence-corrected chi connectivity index (χ4v) is 3.19. The van der Waals surface area contributed by atoms with E-state index in [0.717, 1.165) is 16.9 Å². The molecule has 1 atom stereocenters. The number of carbonyl (C=O) groups is 2. The molecule has 1 aliphatic rings. The maximum Gasteiger partial charge on any atom is 0.321 e. The Hall–Kier alpha value is -3.06. The van der Waals surface area contributed by atoms with Crippen LogP contribution in [0, 0.1) is 0 Å². The summed E-state index contributed by atoms with van der Waals surface area (Å²) in [6, 6.07) is 14.0. The SMILES string of the molecule is CCNC(=O)NC(=O)[C@@H](c1ccccc1)N(C)Cc1ccc2c(c1)OCCO2. The minimum atomic E-state index is -0.614. The van der Waals surface area contributed by atoms with Gasteiger partial charge >= 0.3 is 6.03 Å². The van der Waals surface area contributed by atoms with E-state index < -0.39 is 12.1 Å². The Labute approximate surface area is 164 Å². The highest BCUT2D eigenvalue weighted by molar-refractivity contribution is 5.97. The van der Waals surface area contributed by atoms with Crippen molar-refractivity contribution in [3.63, 3.8) is 0 Å². The summed E-state index contributed by atoms with van der Waals surface area (Å²) in [6.45, 7) is 3.81. The van der Waals surface area contributed by atoms with Crippen LogP contribution in [0.3, 0.4) is 0 Å². The second-order valence-electron chi connectivity index (χ2n) is 6.56. The van der Waals surface area contributed by atoms with E-state index in [4.69, 9.17) is 9.47 Å². The molecular formula is C21H25N3O4. The maximum absolute atomic E-state index is 12.8. The monoisotopic (exact) mass is 383 g/mol. The van der Waals surface area contributed by atoms with Gasteiger partial charge in [-0.2, -0.15) is 0 Å². The normalized spacial score (nSPS) is 13.7. The minimum absolute atomic E-state index is 0.378. The summed E-state index contributed by atoms with van der Waals surface area (Å²) in [5.74, 6) is 1.06. The van der Waals surface area contributed by atoms with Crippen molar-refractivity contribution in [2.24, 2.45) is 0 Å². The molecule has 0 aliphatic carbocycles. The zero-order valence-corrected chi connectivity index (χ0v) is 16.1. The van der Waals surface area contributed by atoms with Crippen LogP contribution in [0.4, 0.5) is 4.79 Å². The summed E-state index contributed by atoms with van der Waals surface area (Å²) in [6.07, 6.45) is 0. The van der Waals surface area contributed by atoms with E-state index in [1.165, 1.54) is 0 Å². The third kappa shape index (κ3) is 4.80. The molecule has 0 spiro atoms. The Bertz CT molecular complexity index is 826. The third-order valence-electron chi connectivity index (χ3n) is 4.42. The van der Waals surface area contributed by atoms with Gasteiger partial charge in [0.25, 0.3) is 0 Å². The Morgan fingerprint density at radius 2 is 1.79 bits per heavy atom. The van der Waals surface area contributed by atoms with Crippen LogP contribution in [-0.4, -0.2) is 43.6 Å². The Balaban J connectivity index is 1.79. The lowest BCUT2D eigenvalue weighted by Crippen LogP contribution is -2.45. The van der Waals surface area contributed by atoms with Gasteiger partial charge in [0.05, 0.1) is 0 Å². The quantitative estimate of drug-likeness (QED) is 0.801. The van der Waals surface area contributed by atoms with E-state index in [0.29, 0.717) is 32.1 Å². The van der Waals surface area contributed by atoms with Gasteiger partial charge in [0.2, 0.25) is 5.91 Å².